The summed E-state index contributed by atoms with van der Waals surface area (Å²) in [7, 11) is 0. The number of anilines is 1. The molecule has 108 valence electrons. The van der Waals surface area contributed by atoms with E-state index in [0.29, 0.717) is 12.0 Å². The first-order valence-electron chi connectivity index (χ1n) is 7.32. The van der Waals surface area contributed by atoms with Gasteiger partial charge in [-0.2, -0.15) is 0 Å². The lowest BCUT2D eigenvalue weighted by atomic mass is 10.2. The Kier molecular flexibility index (Phi) is 6.78. The summed E-state index contributed by atoms with van der Waals surface area (Å²) >= 11 is 0. The van der Waals surface area contributed by atoms with Crippen molar-refractivity contribution in [3.8, 4) is 0 Å². The van der Waals surface area contributed by atoms with Crippen LogP contribution in [0.15, 0.2) is 12.4 Å². The third kappa shape index (κ3) is 5.55. The van der Waals surface area contributed by atoms with Gasteiger partial charge >= 0.3 is 0 Å². The van der Waals surface area contributed by atoms with Crippen LogP contribution in [-0.4, -0.2) is 29.1 Å². The lowest BCUT2D eigenvalue weighted by Crippen LogP contribution is -2.33. The molecule has 1 aromatic heterocycles. The van der Waals surface area contributed by atoms with Crippen LogP contribution in [0.4, 0.5) is 5.95 Å². The zero-order valence-electron chi connectivity index (χ0n) is 13.0. The molecule has 0 saturated heterocycles. The van der Waals surface area contributed by atoms with Crippen LogP contribution >= 0.6 is 0 Å². The number of nitrogens with zero attached hydrogens (tertiary/aromatic N) is 3. The van der Waals surface area contributed by atoms with Gasteiger partial charge in [-0.3, -0.25) is 0 Å². The Morgan fingerprint density at radius 1 is 1.16 bits per heavy atom. The second-order valence-corrected chi connectivity index (χ2v) is 5.70. The van der Waals surface area contributed by atoms with Crippen molar-refractivity contribution < 1.29 is 0 Å². The molecule has 0 saturated carbocycles. The Morgan fingerprint density at radius 2 is 1.79 bits per heavy atom. The normalized spacial score (nSPS) is 11.3. The molecule has 0 unspecified atom stereocenters. The van der Waals surface area contributed by atoms with Crippen molar-refractivity contribution in [2.75, 3.05) is 18.0 Å². The molecule has 1 N–H and O–H groups in total. The third-order valence-corrected chi connectivity index (χ3v) is 2.92. The first-order valence-corrected chi connectivity index (χ1v) is 7.32. The van der Waals surface area contributed by atoms with E-state index >= 15 is 0 Å². The molecular weight excluding hydrogens is 236 g/mol. The molecule has 0 amide bonds. The van der Waals surface area contributed by atoms with E-state index in [9.17, 15) is 0 Å². The Balaban J connectivity index is 2.59. The van der Waals surface area contributed by atoms with Crippen molar-refractivity contribution in [2.45, 2.75) is 53.6 Å². The van der Waals surface area contributed by atoms with Crippen LogP contribution in [0.5, 0.6) is 0 Å². The fourth-order valence-electron chi connectivity index (χ4n) is 1.92. The van der Waals surface area contributed by atoms with Crippen molar-refractivity contribution in [2.24, 2.45) is 5.92 Å². The van der Waals surface area contributed by atoms with Crippen molar-refractivity contribution in [3.05, 3.63) is 18.0 Å². The van der Waals surface area contributed by atoms with Crippen LogP contribution < -0.4 is 10.2 Å². The lowest BCUT2D eigenvalue weighted by Gasteiger charge is -2.26. The number of hydrogen-bond acceptors (Lipinski definition) is 4. The topological polar surface area (TPSA) is 41.1 Å². The first-order chi connectivity index (χ1) is 9.04. The van der Waals surface area contributed by atoms with E-state index in [-0.39, 0.29) is 0 Å². The quantitative estimate of drug-likeness (QED) is 0.784. The van der Waals surface area contributed by atoms with Gasteiger partial charge in [0.05, 0.1) is 0 Å². The van der Waals surface area contributed by atoms with Crippen LogP contribution in [0.1, 0.15) is 46.6 Å². The number of hydrogen-bond donors (Lipinski definition) is 1. The van der Waals surface area contributed by atoms with Crippen LogP contribution in [0.25, 0.3) is 0 Å². The number of nitrogens with one attached hydrogen (secondary N) is 1. The highest BCUT2D eigenvalue weighted by Crippen LogP contribution is 2.11. The highest BCUT2D eigenvalue weighted by atomic mass is 15.3. The van der Waals surface area contributed by atoms with Gasteiger partial charge in [-0.25, -0.2) is 9.97 Å². The van der Waals surface area contributed by atoms with Gasteiger partial charge in [0.2, 0.25) is 5.95 Å². The average molecular weight is 264 g/mol. The summed E-state index contributed by atoms with van der Waals surface area (Å²) in [6.07, 6.45) is 4.97. The molecule has 0 atom stereocenters. The Hall–Kier alpha value is -1.16. The Bertz CT molecular complexity index is 346. The maximum atomic E-state index is 4.49. The number of rotatable bonds is 8. The second-order valence-electron chi connectivity index (χ2n) is 5.70. The van der Waals surface area contributed by atoms with E-state index in [4.69, 9.17) is 0 Å². The van der Waals surface area contributed by atoms with Crippen LogP contribution in [0, 0.1) is 5.92 Å². The van der Waals surface area contributed by atoms with Gasteiger partial charge in [0.1, 0.15) is 0 Å². The van der Waals surface area contributed by atoms with Gasteiger partial charge in [0.25, 0.3) is 0 Å². The van der Waals surface area contributed by atoms with Gasteiger partial charge in [0.15, 0.2) is 0 Å². The molecule has 1 heterocycles. The van der Waals surface area contributed by atoms with Gasteiger partial charge in [-0.15, -0.1) is 0 Å². The second kappa shape index (κ2) is 8.10. The number of aromatic nitrogens is 2. The molecular formula is C15H28N4. The monoisotopic (exact) mass is 264 g/mol. The van der Waals surface area contributed by atoms with Gasteiger partial charge in [-0.1, -0.05) is 20.8 Å². The highest BCUT2D eigenvalue weighted by Gasteiger charge is 2.11. The van der Waals surface area contributed by atoms with Gasteiger partial charge in [-0.05, 0) is 32.7 Å². The standard InChI is InChI=1S/C15H28N4/c1-6-7-19(13(4)5)15-17-10-14(11-18-15)9-16-8-12(2)3/h10-13,16H,6-9H2,1-5H3. The molecule has 4 nitrogen and oxygen atoms in total. The molecule has 0 radical (unpaired) electrons. The van der Waals surface area contributed by atoms with Crippen molar-refractivity contribution >= 4 is 5.95 Å². The van der Waals surface area contributed by atoms with E-state index in [1.54, 1.807) is 0 Å². The van der Waals surface area contributed by atoms with Crippen LogP contribution in [0.2, 0.25) is 0 Å². The molecule has 0 aliphatic carbocycles. The summed E-state index contributed by atoms with van der Waals surface area (Å²) in [6, 6.07) is 0.435. The minimum absolute atomic E-state index is 0.435. The summed E-state index contributed by atoms with van der Waals surface area (Å²) in [4.78, 5) is 11.2. The summed E-state index contributed by atoms with van der Waals surface area (Å²) in [5.41, 5.74) is 1.14. The van der Waals surface area contributed by atoms with E-state index in [1.807, 2.05) is 12.4 Å². The van der Waals surface area contributed by atoms with Gasteiger partial charge in [0, 0.05) is 37.1 Å². The predicted molar refractivity (Wildman–Crippen MR) is 81.3 cm³/mol. The molecule has 0 aliphatic rings. The minimum Gasteiger partial charge on any atom is -0.338 e. The maximum absolute atomic E-state index is 4.49. The molecule has 4 heteroatoms. The molecule has 0 spiro atoms. The van der Waals surface area contributed by atoms with Gasteiger partial charge < -0.3 is 10.2 Å². The van der Waals surface area contributed by atoms with Crippen molar-refractivity contribution in [1.82, 2.24) is 15.3 Å². The van der Waals surface area contributed by atoms with Crippen LogP contribution in [-0.2, 0) is 6.54 Å². The SMILES string of the molecule is CCCN(c1ncc(CNCC(C)C)cn1)C(C)C. The highest BCUT2D eigenvalue weighted by molar-refractivity contribution is 5.30. The molecule has 0 aromatic carbocycles. The average Bonchev–Trinajstić information content (AvgIpc) is 2.36. The van der Waals surface area contributed by atoms with Crippen LogP contribution in [0.3, 0.4) is 0 Å². The zero-order valence-corrected chi connectivity index (χ0v) is 13.0. The molecule has 1 rings (SSSR count). The fourth-order valence-corrected chi connectivity index (χ4v) is 1.92. The van der Waals surface area contributed by atoms with E-state index in [0.717, 1.165) is 37.6 Å². The molecule has 19 heavy (non-hydrogen) atoms. The maximum Gasteiger partial charge on any atom is 0.225 e. The summed E-state index contributed by atoms with van der Waals surface area (Å²) < 4.78 is 0. The van der Waals surface area contributed by atoms with E-state index in [2.05, 4.69) is 54.8 Å². The smallest absolute Gasteiger partial charge is 0.225 e. The summed E-state index contributed by atoms with van der Waals surface area (Å²) in [6.45, 7) is 13.8. The minimum atomic E-state index is 0.435. The Morgan fingerprint density at radius 3 is 2.26 bits per heavy atom. The zero-order chi connectivity index (χ0) is 14.3. The van der Waals surface area contributed by atoms with Crippen molar-refractivity contribution in [1.29, 1.82) is 0 Å². The van der Waals surface area contributed by atoms with Crippen molar-refractivity contribution in [3.63, 3.8) is 0 Å². The first kappa shape index (κ1) is 15.9. The largest absolute Gasteiger partial charge is 0.338 e. The fraction of sp³-hybridized carbons (Fsp3) is 0.733. The lowest BCUT2D eigenvalue weighted by molar-refractivity contribution is 0.551. The Labute approximate surface area is 117 Å². The summed E-state index contributed by atoms with van der Waals surface area (Å²) in [5.74, 6) is 1.51. The van der Waals surface area contributed by atoms with E-state index < -0.39 is 0 Å². The molecule has 1 aromatic rings. The molecule has 0 bridgehead atoms. The third-order valence-electron chi connectivity index (χ3n) is 2.92. The molecule has 0 fully saturated rings. The summed E-state index contributed by atoms with van der Waals surface area (Å²) in [5, 5.41) is 3.40. The predicted octanol–water partition coefficient (Wildman–Crippen LogP) is 2.85. The molecule has 0 aliphatic heterocycles. The van der Waals surface area contributed by atoms with E-state index in [1.165, 1.54) is 0 Å².